The summed E-state index contributed by atoms with van der Waals surface area (Å²) in [5.41, 5.74) is 0. The van der Waals surface area contributed by atoms with E-state index in [1.54, 1.807) is 6.07 Å². The Bertz CT molecular complexity index is 314. The fourth-order valence-corrected chi connectivity index (χ4v) is 2.44. The highest BCUT2D eigenvalue weighted by atomic mass is 35.5. The van der Waals surface area contributed by atoms with Gasteiger partial charge in [-0.15, -0.1) is 11.3 Å². The van der Waals surface area contributed by atoms with Crippen molar-refractivity contribution in [3.63, 3.8) is 0 Å². The van der Waals surface area contributed by atoms with Crippen molar-refractivity contribution in [1.29, 1.82) is 0 Å². The molecule has 2 N–H and O–H groups in total. The second-order valence-corrected chi connectivity index (χ2v) is 4.74. The molecule has 1 atom stereocenters. The molecule has 0 fully saturated rings. The van der Waals surface area contributed by atoms with Crippen LogP contribution in [0.3, 0.4) is 0 Å². The number of carboxylic acids is 1. The van der Waals surface area contributed by atoms with E-state index in [9.17, 15) is 4.79 Å². The lowest BCUT2D eigenvalue weighted by molar-refractivity contribution is -0.137. The Kier molecular flexibility index (Phi) is 4.38. The van der Waals surface area contributed by atoms with Crippen molar-refractivity contribution in [2.75, 3.05) is 13.6 Å². The molecule has 3 nitrogen and oxygen atoms in total. The van der Waals surface area contributed by atoms with E-state index in [2.05, 4.69) is 5.32 Å². The van der Waals surface area contributed by atoms with Gasteiger partial charge >= 0.3 is 5.97 Å². The molecule has 0 saturated heterocycles. The maximum atomic E-state index is 10.6. The van der Waals surface area contributed by atoms with Crippen molar-refractivity contribution in [2.45, 2.75) is 12.3 Å². The van der Waals surface area contributed by atoms with Crippen LogP contribution in [0.1, 0.15) is 17.2 Å². The topological polar surface area (TPSA) is 49.3 Å². The maximum Gasteiger partial charge on any atom is 0.304 e. The first kappa shape index (κ1) is 11.5. The number of thiophene rings is 1. The van der Waals surface area contributed by atoms with Crippen LogP contribution < -0.4 is 5.32 Å². The summed E-state index contributed by atoms with van der Waals surface area (Å²) in [5, 5.41) is 11.7. The van der Waals surface area contributed by atoms with Crippen molar-refractivity contribution < 1.29 is 9.90 Å². The van der Waals surface area contributed by atoms with E-state index in [0.29, 0.717) is 10.9 Å². The van der Waals surface area contributed by atoms with Crippen LogP contribution >= 0.6 is 22.9 Å². The van der Waals surface area contributed by atoms with Gasteiger partial charge in [-0.2, -0.15) is 0 Å². The highest BCUT2D eigenvalue weighted by Gasteiger charge is 2.16. The Hall–Kier alpha value is -0.580. The molecule has 0 aliphatic carbocycles. The Morgan fingerprint density at radius 2 is 2.43 bits per heavy atom. The average molecular weight is 234 g/mol. The molecule has 1 aromatic heterocycles. The molecule has 1 rings (SSSR count). The second-order valence-electron chi connectivity index (χ2n) is 2.99. The van der Waals surface area contributed by atoms with Crippen LogP contribution in [0.25, 0.3) is 0 Å². The molecular weight excluding hydrogens is 222 g/mol. The van der Waals surface area contributed by atoms with Crippen molar-refractivity contribution >= 4 is 28.9 Å². The normalized spacial score (nSPS) is 12.7. The number of aliphatic carboxylic acids is 1. The Labute approximate surface area is 91.7 Å². The lowest BCUT2D eigenvalue weighted by Gasteiger charge is -2.11. The van der Waals surface area contributed by atoms with Gasteiger partial charge < -0.3 is 10.4 Å². The molecule has 1 unspecified atom stereocenters. The molecule has 14 heavy (non-hydrogen) atoms. The van der Waals surface area contributed by atoms with E-state index in [-0.39, 0.29) is 12.3 Å². The third-order valence-electron chi connectivity index (χ3n) is 1.87. The number of hydrogen-bond donors (Lipinski definition) is 2. The molecule has 0 aromatic carbocycles. The Balaban J connectivity index is 2.71. The van der Waals surface area contributed by atoms with Gasteiger partial charge in [-0.25, -0.2) is 0 Å². The number of likely N-dealkylation sites (N-methyl/N-ethyl adjacent to an activating group) is 1. The van der Waals surface area contributed by atoms with E-state index in [4.69, 9.17) is 16.7 Å². The minimum absolute atomic E-state index is 0.00926. The van der Waals surface area contributed by atoms with Crippen molar-refractivity contribution in [1.82, 2.24) is 5.32 Å². The number of carbonyl (C=O) groups is 1. The zero-order valence-electron chi connectivity index (χ0n) is 7.79. The van der Waals surface area contributed by atoms with Crippen molar-refractivity contribution in [2.24, 2.45) is 0 Å². The highest BCUT2D eigenvalue weighted by molar-refractivity contribution is 7.16. The van der Waals surface area contributed by atoms with Gasteiger partial charge in [-0.3, -0.25) is 4.79 Å². The van der Waals surface area contributed by atoms with Gasteiger partial charge in [0.25, 0.3) is 0 Å². The first-order valence-electron chi connectivity index (χ1n) is 4.25. The summed E-state index contributed by atoms with van der Waals surface area (Å²) in [4.78, 5) is 11.6. The van der Waals surface area contributed by atoms with Gasteiger partial charge in [0, 0.05) is 17.3 Å². The monoisotopic (exact) mass is 233 g/mol. The summed E-state index contributed by atoms with van der Waals surface area (Å²) < 4.78 is 0.700. The molecule has 0 amide bonds. The first-order valence-corrected chi connectivity index (χ1v) is 5.44. The average Bonchev–Trinajstić information content (AvgIpc) is 2.50. The van der Waals surface area contributed by atoms with E-state index >= 15 is 0 Å². The predicted octanol–water partition coefficient (Wildman–Crippen LogP) is 2.18. The number of carboxylic acid groups (broad SMARTS) is 1. The third kappa shape index (κ3) is 3.29. The van der Waals surface area contributed by atoms with Crippen LogP contribution in [-0.2, 0) is 4.79 Å². The zero-order valence-corrected chi connectivity index (χ0v) is 9.36. The van der Waals surface area contributed by atoms with Gasteiger partial charge in [0.05, 0.1) is 10.8 Å². The summed E-state index contributed by atoms with van der Waals surface area (Å²) in [6.45, 7) is 0.656. The maximum absolute atomic E-state index is 10.6. The first-order chi connectivity index (χ1) is 6.63. The van der Waals surface area contributed by atoms with Crippen molar-refractivity contribution in [3.8, 4) is 0 Å². The summed E-state index contributed by atoms with van der Waals surface area (Å²) in [6, 6.07) is 3.68. The summed E-state index contributed by atoms with van der Waals surface area (Å²) in [6.07, 6.45) is 0.137. The Morgan fingerprint density at radius 1 is 1.71 bits per heavy atom. The van der Waals surface area contributed by atoms with E-state index in [1.165, 1.54) is 11.3 Å². The Morgan fingerprint density at radius 3 is 2.86 bits per heavy atom. The predicted molar refractivity (Wildman–Crippen MR) is 58.2 cm³/mol. The molecule has 0 saturated carbocycles. The van der Waals surface area contributed by atoms with E-state index in [1.807, 2.05) is 13.1 Å². The van der Waals surface area contributed by atoms with Crippen LogP contribution in [0.15, 0.2) is 12.1 Å². The van der Waals surface area contributed by atoms with Crippen LogP contribution in [0.4, 0.5) is 0 Å². The lowest BCUT2D eigenvalue weighted by Crippen LogP contribution is -2.19. The number of nitrogens with one attached hydrogen (secondary N) is 1. The van der Waals surface area contributed by atoms with E-state index < -0.39 is 5.97 Å². The minimum atomic E-state index is -0.783. The molecule has 1 aromatic rings. The molecule has 0 aliphatic heterocycles. The largest absolute Gasteiger partial charge is 0.481 e. The molecule has 0 bridgehead atoms. The number of halogens is 1. The molecule has 0 radical (unpaired) electrons. The molecular formula is C9H12ClNO2S. The smallest absolute Gasteiger partial charge is 0.304 e. The zero-order chi connectivity index (χ0) is 10.6. The van der Waals surface area contributed by atoms with Crippen LogP contribution in [-0.4, -0.2) is 24.7 Å². The quantitative estimate of drug-likeness (QED) is 0.820. The van der Waals surface area contributed by atoms with Gasteiger partial charge in [0.15, 0.2) is 0 Å². The molecule has 78 valence electrons. The number of hydrogen-bond acceptors (Lipinski definition) is 3. The summed E-state index contributed by atoms with van der Waals surface area (Å²) >= 11 is 7.23. The van der Waals surface area contributed by atoms with Gasteiger partial charge in [0.1, 0.15) is 0 Å². The fraction of sp³-hybridized carbons (Fsp3) is 0.444. The van der Waals surface area contributed by atoms with Crippen LogP contribution in [0.5, 0.6) is 0 Å². The van der Waals surface area contributed by atoms with Gasteiger partial charge in [-0.05, 0) is 19.2 Å². The number of rotatable bonds is 5. The fourth-order valence-electron chi connectivity index (χ4n) is 1.28. The molecule has 5 heteroatoms. The lowest BCUT2D eigenvalue weighted by atomic mass is 10.0. The minimum Gasteiger partial charge on any atom is -0.481 e. The molecule has 0 aliphatic rings. The SMILES string of the molecule is CNCC(CC(=O)O)c1ccc(Cl)s1. The molecule has 1 heterocycles. The van der Waals surface area contributed by atoms with Crippen LogP contribution in [0.2, 0.25) is 4.34 Å². The van der Waals surface area contributed by atoms with Crippen LogP contribution in [0, 0.1) is 0 Å². The molecule has 0 spiro atoms. The highest BCUT2D eigenvalue weighted by Crippen LogP contribution is 2.29. The van der Waals surface area contributed by atoms with E-state index in [0.717, 1.165) is 4.88 Å². The summed E-state index contributed by atoms with van der Waals surface area (Å²) in [5.74, 6) is -0.773. The third-order valence-corrected chi connectivity index (χ3v) is 3.26. The standard InChI is InChI=1S/C9H12ClNO2S/c1-11-5-6(4-9(12)13)7-2-3-8(10)14-7/h2-3,6,11H,4-5H2,1H3,(H,12,13). The van der Waals surface area contributed by atoms with Gasteiger partial charge in [0.2, 0.25) is 0 Å². The van der Waals surface area contributed by atoms with Gasteiger partial charge in [-0.1, -0.05) is 11.6 Å². The van der Waals surface area contributed by atoms with Crippen molar-refractivity contribution in [3.05, 3.63) is 21.3 Å². The summed E-state index contributed by atoms with van der Waals surface area (Å²) in [7, 11) is 1.81. The second kappa shape index (κ2) is 5.34.